The lowest BCUT2D eigenvalue weighted by Gasteiger charge is -2.22. The summed E-state index contributed by atoms with van der Waals surface area (Å²) in [6.07, 6.45) is 3.25. The molecular weight excluding hydrogens is 241 g/mol. The summed E-state index contributed by atoms with van der Waals surface area (Å²) in [5, 5.41) is 0. The molecular formula is C15H18FN3. The SMILES string of the molecule is Cc1cc(-c2nc3n(c2N)C(C)CCC3)ccc1F. The molecule has 1 aliphatic heterocycles. The van der Waals surface area contributed by atoms with Crippen molar-refractivity contribution < 1.29 is 4.39 Å². The number of halogens is 1. The third kappa shape index (κ3) is 1.91. The van der Waals surface area contributed by atoms with Crippen molar-refractivity contribution >= 4 is 5.82 Å². The zero-order chi connectivity index (χ0) is 13.6. The monoisotopic (exact) mass is 259 g/mol. The largest absolute Gasteiger partial charge is 0.383 e. The second kappa shape index (κ2) is 4.37. The Labute approximate surface area is 112 Å². The van der Waals surface area contributed by atoms with Gasteiger partial charge in [0, 0.05) is 18.0 Å². The van der Waals surface area contributed by atoms with E-state index in [0.717, 1.165) is 36.3 Å². The molecule has 3 nitrogen and oxygen atoms in total. The highest BCUT2D eigenvalue weighted by Gasteiger charge is 2.23. The summed E-state index contributed by atoms with van der Waals surface area (Å²) in [5.41, 5.74) is 8.54. The van der Waals surface area contributed by atoms with E-state index in [-0.39, 0.29) is 5.82 Å². The van der Waals surface area contributed by atoms with Crippen LogP contribution < -0.4 is 5.73 Å². The molecule has 1 unspecified atom stereocenters. The fourth-order valence-electron chi connectivity index (χ4n) is 2.85. The molecule has 1 atom stereocenters. The summed E-state index contributed by atoms with van der Waals surface area (Å²) >= 11 is 0. The molecule has 0 bridgehead atoms. The molecule has 0 spiro atoms. The molecule has 2 N–H and O–H groups in total. The van der Waals surface area contributed by atoms with Gasteiger partial charge in [-0.15, -0.1) is 0 Å². The summed E-state index contributed by atoms with van der Waals surface area (Å²) in [6, 6.07) is 5.43. The van der Waals surface area contributed by atoms with Crippen molar-refractivity contribution in [3.05, 3.63) is 35.4 Å². The van der Waals surface area contributed by atoms with Crippen molar-refractivity contribution in [2.75, 3.05) is 5.73 Å². The zero-order valence-electron chi connectivity index (χ0n) is 11.3. The number of anilines is 1. The Balaban J connectivity index is 2.13. The van der Waals surface area contributed by atoms with Crippen LogP contribution in [0.1, 0.15) is 37.2 Å². The molecule has 2 aromatic rings. The van der Waals surface area contributed by atoms with Crippen molar-refractivity contribution in [3.63, 3.8) is 0 Å². The minimum absolute atomic E-state index is 0.195. The van der Waals surface area contributed by atoms with Gasteiger partial charge in [0.25, 0.3) is 0 Å². The van der Waals surface area contributed by atoms with E-state index in [1.54, 1.807) is 13.0 Å². The number of imidazole rings is 1. The molecule has 1 aromatic carbocycles. The number of fused-ring (bicyclic) bond motifs is 1. The van der Waals surface area contributed by atoms with Gasteiger partial charge in [0.2, 0.25) is 0 Å². The number of hydrogen-bond donors (Lipinski definition) is 1. The quantitative estimate of drug-likeness (QED) is 0.852. The topological polar surface area (TPSA) is 43.8 Å². The lowest BCUT2D eigenvalue weighted by molar-refractivity contribution is 0.430. The fourth-order valence-corrected chi connectivity index (χ4v) is 2.85. The molecule has 1 aliphatic rings. The Kier molecular flexibility index (Phi) is 2.81. The number of rotatable bonds is 1. The molecule has 0 saturated carbocycles. The first kappa shape index (κ1) is 12.2. The lowest BCUT2D eigenvalue weighted by Crippen LogP contribution is -2.16. The van der Waals surface area contributed by atoms with Gasteiger partial charge >= 0.3 is 0 Å². The lowest BCUT2D eigenvalue weighted by atomic mass is 10.1. The maximum absolute atomic E-state index is 13.3. The second-order valence-electron chi connectivity index (χ2n) is 5.34. The van der Waals surface area contributed by atoms with Gasteiger partial charge in [0.05, 0.1) is 0 Å². The van der Waals surface area contributed by atoms with Crippen LogP contribution >= 0.6 is 0 Å². The third-order valence-electron chi connectivity index (χ3n) is 3.92. The highest BCUT2D eigenvalue weighted by molar-refractivity contribution is 5.71. The highest BCUT2D eigenvalue weighted by Crippen LogP contribution is 2.34. The number of hydrogen-bond acceptors (Lipinski definition) is 2. The number of benzene rings is 1. The standard InChI is InChI=1S/C15H18FN3/c1-9-8-11(6-7-12(9)16)14-15(17)19-10(2)4-3-5-13(19)18-14/h6-8,10H,3-5,17H2,1-2H3. The molecule has 4 heteroatoms. The van der Waals surface area contributed by atoms with E-state index in [2.05, 4.69) is 16.5 Å². The average molecular weight is 259 g/mol. The van der Waals surface area contributed by atoms with Crippen molar-refractivity contribution in [2.24, 2.45) is 0 Å². The maximum Gasteiger partial charge on any atom is 0.131 e. The van der Waals surface area contributed by atoms with Gasteiger partial charge in [0.1, 0.15) is 23.2 Å². The van der Waals surface area contributed by atoms with E-state index in [1.165, 1.54) is 6.07 Å². The molecule has 0 radical (unpaired) electrons. The molecule has 0 saturated heterocycles. The Bertz CT molecular complexity index is 631. The molecule has 19 heavy (non-hydrogen) atoms. The van der Waals surface area contributed by atoms with Gasteiger partial charge in [-0.1, -0.05) is 0 Å². The van der Waals surface area contributed by atoms with Crippen molar-refractivity contribution in [2.45, 2.75) is 39.2 Å². The van der Waals surface area contributed by atoms with Crippen LogP contribution in [0.4, 0.5) is 10.2 Å². The van der Waals surface area contributed by atoms with Crippen LogP contribution in [0.3, 0.4) is 0 Å². The van der Waals surface area contributed by atoms with Crippen LogP contribution in [0.25, 0.3) is 11.3 Å². The summed E-state index contributed by atoms with van der Waals surface area (Å²) < 4.78 is 15.5. The average Bonchev–Trinajstić information content (AvgIpc) is 2.72. The predicted octanol–water partition coefficient (Wildman–Crippen LogP) is 3.48. The molecule has 0 aliphatic carbocycles. The van der Waals surface area contributed by atoms with Gasteiger partial charge in [0.15, 0.2) is 0 Å². The molecule has 3 rings (SSSR count). The van der Waals surface area contributed by atoms with Crippen molar-refractivity contribution in [1.82, 2.24) is 9.55 Å². The summed E-state index contributed by atoms with van der Waals surface area (Å²) in [7, 11) is 0. The van der Waals surface area contributed by atoms with Crippen molar-refractivity contribution in [3.8, 4) is 11.3 Å². The van der Waals surface area contributed by atoms with Crippen LogP contribution in [-0.4, -0.2) is 9.55 Å². The summed E-state index contributed by atoms with van der Waals surface area (Å²) in [4.78, 5) is 4.66. The smallest absolute Gasteiger partial charge is 0.131 e. The second-order valence-corrected chi connectivity index (χ2v) is 5.34. The first-order valence-corrected chi connectivity index (χ1v) is 6.71. The van der Waals surface area contributed by atoms with E-state index in [4.69, 9.17) is 5.73 Å². The van der Waals surface area contributed by atoms with Gasteiger partial charge in [-0.05, 0) is 50.5 Å². The minimum atomic E-state index is -0.195. The van der Waals surface area contributed by atoms with Gasteiger partial charge in [-0.2, -0.15) is 0 Å². The van der Waals surface area contributed by atoms with Gasteiger partial charge < -0.3 is 10.3 Å². The summed E-state index contributed by atoms with van der Waals surface area (Å²) in [5.74, 6) is 1.56. The first-order chi connectivity index (χ1) is 9.08. The van der Waals surface area contributed by atoms with E-state index < -0.39 is 0 Å². The number of nitrogen functional groups attached to an aromatic ring is 1. The van der Waals surface area contributed by atoms with E-state index in [9.17, 15) is 4.39 Å². The zero-order valence-corrected chi connectivity index (χ0v) is 11.3. The Morgan fingerprint density at radius 2 is 2.21 bits per heavy atom. The number of nitrogens with two attached hydrogens (primary N) is 1. The maximum atomic E-state index is 13.3. The van der Waals surface area contributed by atoms with E-state index in [1.807, 2.05) is 6.07 Å². The Morgan fingerprint density at radius 1 is 1.42 bits per heavy atom. The minimum Gasteiger partial charge on any atom is -0.383 e. The Morgan fingerprint density at radius 3 is 2.89 bits per heavy atom. The first-order valence-electron chi connectivity index (χ1n) is 6.71. The van der Waals surface area contributed by atoms with Crippen molar-refractivity contribution in [1.29, 1.82) is 0 Å². The van der Waals surface area contributed by atoms with Crippen LogP contribution in [0.15, 0.2) is 18.2 Å². The number of aromatic nitrogens is 2. The van der Waals surface area contributed by atoms with E-state index >= 15 is 0 Å². The van der Waals surface area contributed by atoms with Crippen LogP contribution in [0.5, 0.6) is 0 Å². The van der Waals surface area contributed by atoms with E-state index in [0.29, 0.717) is 17.4 Å². The summed E-state index contributed by atoms with van der Waals surface area (Å²) in [6.45, 7) is 3.92. The van der Waals surface area contributed by atoms with Gasteiger partial charge in [-0.3, -0.25) is 0 Å². The molecule has 1 aromatic heterocycles. The normalized spacial score (nSPS) is 18.4. The third-order valence-corrected chi connectivity index (χ3v) is 3.92. The molecule has 100 valence electrons. The molecule has 0 fully saturated rings. The Hall–Kier alpha value is -1.84. The number of aryl methyl sites for hydroxylation is 2. The number of nitrogens with zero attached hydrogens (tertiary/aromatic N) is 2. The van der Waals surface area contributed by atoms with Crippen LogP contribution in [-0.2, 0) is 6.42 Å². The fraction of sp³-hybridized carbons (Fsp3) is 0.400. The van der Waals surface area contributed by atoms with Crippen LogP contribution in [0, 0.1) is 12.7 Å². The molecule has 2 heterocycles. The highest BCUT2D eigenvalue weighted by atomic mass is 19.1. The predicted molar refractivity (Wildman–Crippen MR) is 74.4 cm³/mol. The van der Waals surface area contributed by atoms with Crippen LogP contribution in [0.2, 0.25) is 0 Å². The molecule has 0 amide bonds. The van der Waals surface area contributed by atoms with Gasteiger partial charge in [-0.25, -0.2) is 9.37 Å².